The van der Waals surface area contributed by atoms with Crippen LogP contribution in [0, 0.1) is 0 Å². The molecule has 38 heavy (non-hydrogen) atoms. The molecule has 1 aromatic heterocycles. The van der Waals surface area contributed by atoms with Crippen molar-refractivity contribution in [3.63, 3.8) is 0 Å². The molecule has 8 heteroatoms. The van der Waals surface area contributed by atoms with E-state index in [-0.39, 0.29) is 36.0 Å². The number of nitrogens with zero attached hydrogens (tertiary/aromatic N) is 2. The first kappa shape index (κ1) is 26.3. The highest BCUT2D eigenvalue weighted by Gasteiger charge is 2.46. The lowest BCUT2D eigenvalue weighted by molar-refractivity contribution is 0.0458. The fourth-order valence-corrected chi connectivity index (χ4v) is 6.14. The van der Waals surface area contributed by atoms with Gasteiger partial charge in [0, 0.05) is 35.3 Å². The van der Waals surface area contributed by atoms with Gasteiger partial charge in [0.25, 0.3) is 11.8 Å². The smallest absolute Gasteiger partial charge is 0.256 e. The number of methoxy groups -OCH3 is 1. The average Bonchev–Trinajstić information content (AvgIpc) is 3.44. The zero-order valence-corrected chi connectivity index (χ0v) is 23.0. The molecule has 1 unspecified atom stereocenters. The average molecular weight is 536 g/mol. The Kier molecular flexibility index (Phi) is 7.25. The molecule has 2 aromatic carbocycles. The van der Waals surface area contributed by atoms with Gasteiger partial charge in [0.15, 0.2) is 0 Å². The molecule has 2 aliphatic rings. The lowest BCUT2D eigenvalue weighted by atomic mass is 9.90. The van der Waals surface area contributed by atoms with Gasteiger partial charge in [0.05, 0.1) is 36.2 Å². The van der Waals surface area contributed by atoms with E-state index < -0.39 is 0 Å². The van der Waals surface area contributed by atoms with Crippen molar-refractivity contribution in [2.45, 2.75) is 63.8 Å². The minimum atomic E-state index is -0.309. The summed E-state index contributed by atoms with van der Waals surface area (Å²) in [4.78, 5) is 28.6. The predicted octanol–water partition coefficient (Wildman–Crippen LogP) is 5.61. The van der Waals surface area contributed by atoms with Gasteiger partial charge in [-0.3, -0.25) is 9.59 Å². The molecule has 0 bridgehead atoms. The fourth-order valence-electron chi connectivity index (χ4n) is 6.01. The number of rotatable bonds is 6. The Morgan fingerprint density at radius 2 is 1.74 bits per heavy atom. The van der Waals surface area contributed by atoms with E-state index in [0.717, 1.165) is 35.4 Å². The second-order valence-corrected chi connectivity index (χ2v) is 10.9. The van der Waals surface area contributed by atoms with E-state index in [4.69, 9.17) is 16.3 Å². The molecular formula is C30H34ClN3O4. The maximum atomic E-state index is 14.2. The maximum absolute atomic E-state index is 14.2. The number of aromatic nitrogens is 1. The fraction of sp³-hybridized carbons (Fsp3) is 0.400. The van der Waals surface area contributed by atoms with Crippen LogP contribution in [0.5, 0.6) is 5.75 Å². The monoisotopic (exact) mass is 535 g/mol. The van der Waals surface area contributed by atoms with E-state index in [9.17, 15) is 14.7 Å². The largest absolute Gasteiger partial charge is 0.496 e. The number of benzene rings is 2. The number of nitrogens with one attached hydrogen (secondary N) is 1. The molecular weight excluding hydrogens is 502 g/mol. The number of halogens is 1. The highest BCUT2D eigenvalue weighted by Crippen LogP contribution is 2.48. The number of aliphatic hydroxyl groups is 1. The Balaban J connectivity index is 1.71. The van der Waals surface area contributed by atoms with Gasteiger partial charge in [-0.15, -0.1) is 0 Å². The van der Waals surface area contributed by atoms with E-state index in [0.29, 0.717) is 34.7 Å². The summed E-state index contributed by atoms with van der Waals surface area (Å²) in [5.41, 5.74) is 4.69. The summed E-state index contributed by atoms with van der Waals surface area (Å²) in [5, 5.41) is 13.5. The van der Waals surface area contributed by atoms with Crippen LogP contribution in [0.1, 0.15) is 83.6 Å². The van der Waals surface area contributed by atoms with Crippen LogP contribution in [0.4, 0.5) is 0 Å². The first-order valence-corrected chi connectivity index (χ1v) is 13.5. The van der Waals surface area contributed by atoms with Crippen molar-refractivity contribution in [3.8, 4) is 17.0 Å². The summed E-state index contributed by atoms with van der Waals surface area (Å²) in [6.45, 7) is 4.20. The first-order valence-electron chi connectivity index (χ1n) is 13.2. The zero-order chi connectivity index (χ0) is 27.1. The molecule has 7 nitrogen and oxygen atoms in total. The minimum Gasteiger partial charge on any atom is -0.496 e. The summed E-state index contributed by atoms with van der Waals surface area (Å²) >= 11 is 6.24. The number of hydrogen-bond donors (Lipinski definition) is 2. The number of hydrogen-bond acceptors (Lipinski definition) is 4. The van der Waals surface area contributed by atoms with Crippen LogP contribution in [0.2, 0.25) is 5.02 Å². The molecule has 1 aliphatic carbocycles. The molecule has 1 fully saturated rings. The predicted molar refractivity (Wildman–Crippen MR) is 148 cm³/mol. The number of fused-ring (bicyclic) bond motifs is 1. The molecule has 200 valence electrons. The highest BCUT2D eigenvalue weighted by atomic mass is 35.5. The van der Waals surface area contributed by atoms with Crippen LogP contribution in [-0.2, 0) is 0 Å². The van der Waals surface area contributed by atoms with Crippen LogP contribution in [0.25, 0.3) is 11.3 Å². The highest BCUT2D eigenvalue weighted by molar-refractivity contribution is 6.30. The van der Waals surface area contributed by atoms with E-state index in [1.807, 2.05) is 41.3 Å². The number of amides is 2. The Morgan fingerprint density at radius 3 is 2.34 bits per heavy atom. The van der Waals surface area contributed by atoms with Crippen molar-refractivity contribution in [1.29, 1.82) is 0 Å². The Bertz CT molecular complexity index is 1360. The second kappa shape index (κ2) is 10.5. The molecule has 2 heterocycles. The Hall–Kier alpha value is -3.29. The SMILES string of the molecule is CNC(=O)c1ccc(OC)c(-c2cc3c(n2C(C)C)C(c2ccc(Cl)cc2)N(C2CCC(O)CC2)C3=O)c1. The number of carbonyl (C=O) groups is 2. The molecule has 5 rings (SSSR count). The molecule has 0 spiro atoms. The van der Waals surface area contributed by atoms with Gasteiger partial charge in [0.1, 0.15) is 5.75 Å². The van der Waals surface area contributed by atoms with E-state index in [1.165, 1.54) is 0 Å². The van der Waals surface area contributed by atoms with Gasteiger partial charge in [-0.1, -0.05) is 23.7 Å². The van der Waals surface area contributed by atoms with Crippen molar-refractivity contribution >= 4 is 23.4 Å². The maximum Gasteiger partial charge on any atom is 0.256 e. The van der Waals surface area contributed by atoms with Crippen molar-refractivity contribution < 1.29 is 19.4 Å². The third-order valence-corrected chi connectivity index (χ3v) is 8.06. The van der Waals surface area contributed by atoms with Crippen molar-refractivity contribution in [1.82, 2.24) is 14.8 Å². The molecule has 0 saturated heterocycles. The van der Waals surface area contributed by atoms with Crippen molar-refractivity contribution in [2.75, 3.05) is 14.2 Å². The molecule has 2 N–H and O–H groups in total. The summed E-state index contributed by atoms with van der Waals surface area (Å²) in [7, 11) is 3.21. The normalized spacial score (nSPS) is 21.1. The van der Waals surface area contributed by atoms with E-state index in [1.54, 1.807) is 26.3 Å². The van der Waals surface area contributed by atoms with Crippen molar-refractivity contribution in [3.05, 3.63) is 75.9 Å². The number of carbonyl (C=O) groups excluding carboxylic acids is 2. The van der Waals surface area contributed by atoms with Crippen LogP contribution in [0.3, 0.4) is 0 Å². The summed E-state index contributed by atoms with van der Waals surface area (Å²) in [6.07, 6.45) is 2.59. The third-order valence-electron chi connectivity index (χ3n) is 7.80. The quantitative estimate of drug-likeness (QED) is 0.430. The van der Waals surface area contributed by atoms with Crippen LogP contribution >= 0.6 is 11.6 Å². The topological polar surface area (TPSA) is 83.8 Å². The van der Waals surface area contributed by atoms with Gasteiger partial charge in [0.2, 0.25) is 0 Å². The zero-order valence-electron chi connectivity index (χ0n) is 22.2. The van der Waals surface area contributed by atoms with Crippen LogP contribution in [0.15, 0.2) is 48.5 Å². The van der Waals surface area contributed by atoms with E-state index in [2.05, 4.69) is 23.7 Å². The lowest BCUT2D eigenvalue weighted by Crippen LogP contribution is -2.42. The summed E-state index contributed by atoms with van der Waals surface area (Å²) in [5.74, 6) is 0.428. The van der Waals surface area contributed by atoms with Crippen LogP contribution < -0.4 is 10.1 Å². The van der Waals surface area contributed by atoms with Crippen molar-refractivity contribution in [2.24, 2.45) is 0 Å². The molecule has 1 saturated carbocycles. The molecule has 1 atom stereocenters. The molecule has 1 aliphatic heterocycles. The standard InChI is InChI=1S/C30H34ClN3O4/c1-17(2)33-25(23-15-19(29(36)32-3)7-14-26(23)38-4)16-24-28(33)27(18-5-8-20(31)9-6-18)34(30(24)37)21-10-12-22(35)13-11-21/h5-9,14-17,21-22,27,35H,10-13H2,1-4H3,(H,32,36). The Morgan fingerprint density at radius 1 is 1.05 bits per heavy atom. The lowest BCUT2D eigenvalue weighted by Gasteiger charge is -2.38. The summed E-state index contributed by atoms with van der Waals surface area (Å²) in [6, 6.07) is 14.8. The Labute approximate surface area is 228 Å². The number of ether oxygens (including phenoxy) is 1. The van der Waals surface area contributed by atoms with Crippen LogP contribution in [-0.4, -0.2) is 52.7 Å². The first-order chi connectivity index (χ1) is 18.2. The second-order valence-electron chi connectivity index (χ2n) is 10.4. The van der Waals surface area contributed by atoms with E-state index >= 15 is 0 Å². The molecule has 0 radical (unpaired) electrons. The van der Waals surface area contributed by atoms with Gasteiger partial charge in [-0.25, -0.2) is 0 Å². The van der Waals surface area contributed by atoms with Gasteiger partial charge in [-0.05, 0) is 81.5 Å². The number of aliphatic hydroxyl groups excluding tert-OH is 1. The minimum absolute atomic E-state index is 0.0107. The third kappa shape index (κ3) is 4.48. The van der Waals surface area contributed by atoms with Gasteiger partial charge < -0.3 is 24.6 Å². The molecule has 2 amide bonds. The summed E-state index contributed by atoms with van der Waals surface area (Å²) < 4.78 is 7.91. The molecule has 3 aromatic rings. The van der Waals surface area contributed by atoms with Gasteiger partial charge in [-0.2, -0.15) is 0 Å². The van der Waals surface area contributed by atoms with Gasteiger partial charge >= 0.3 is 0 Å².